The number of aromatic hydroxyl groups is 1. The molecule has 3 N–H and O–H groups in total. The zero-order valence-electron chi connectivity index (χ0n) is 15.1. The van der Waals surface area contributed by atoms with E-state index in [0.29, 0.717) is 26.7 Å². The molecule has 2 aromatic carbocycles. The van der Waals surface area contributed by atoms with Crippen molar-refractivity contribution >= 4 is 39.9 Å². The Bertz CT molecular complexity index is 1140. The Kier molecular flexibility index (Phi) is 5.07. The van der Waals surface area contributed by atoms with Gasteiger partial charge in [0.25, 0.3) is 5.82 Å². The van der Waals surface area contributed by atoms with Gasteiger partial charge in [-0.1, -0.05) is 41.4 Å². The quantitative estimate of drug-likeness (QED) is 0.462. The minimum Gasteiger partial charge on any atom is -0.505 e. The number of phenols is 1. The fraction of sp³-hybridized carbons (Fsp3) is 0.0909. The van der Waals surface area contributed by atoms with E-state index in [2.05, 4.69) is 15.3 Å². The van der Waals surface area contributed by atoms with Crippen LogP contribution in [0.3, 0.4) is 0 Å². The van der Waals surface area contributed by atoms with Crippen molar-refractivity contribution in [3.05, 3.63) is 93.7 Å². The van der Waals surface area contributed by atoms with Gasteiger partial charge >= 0.3 is 0 Å². The van der Waals surface area contributed by atoms with Crippen LogP contribution in [0.25, 0.3) is 10.9 Å². The third-order valence-electron chi connectivity index (χ3n) is 4.64. The van der Waals surface area contributed by atoms with Crippen molar-refractivity contribution < 1.29 is 10.1 Å². The normalized spacial score (nSPS) is 12.1. The lowest BCUT2D eigenvalue weighted by atomic mass is 9.96. The van der Waals surface area contributed by atoms with Crippen LogP contribution < -0.4 is 10.3 Å². The highest BCUT2D eigenvalue weighted by molar-refractivity contribution is 6.36. The van der Waals surface area contributed by atoms with Crippen molar-refractivity contribution in [2.24, 2.45) is 0 Å². The number of pyridine rings is 2. The molecular formula is C22H18Cl2N3O+. The summed E-state index contributed by atoms with van der Waals surface area (Å²) in [4.78, 5) is 7.51. The van der Waals surface area contributed by atoms with Gasteiger partial charge in [-0.25, -0.2) is 4.98 Å². The lowest BCUT2D eigenvalue weighted by Crippen LogP contribution is -2.20. The van der Waals surface area contributed by atoms with E-state index in [4.69, 9.17) is 23.2 Å². The molecule has 0 aliphatic heterocycles. The van der Waals surface area contributed by atoms with Gasteiger partial charge < -0.3 is 5.11 Å². The fourth-order valence-electron chi connectivity index (χ4n) is 3.29. The molecule has 0 saturated carbocycles. The smallest absolute Gasteiger partial charge is 0.273 e. The molecule has 4 nitrogen and oxygen atoms in total. The number of H-pyrrole nitrogens is 1. The summed E-state index contributed by atoms with van der Waals surface area (Å²) < 4.78 is 0. The number of phenolic OH excluding ortho intramolecular Hbond substituents is 1. The largest absolute Gasteiger partial charge is 0.505 e. The Morgan fingerprint density at radius 3 is 2.57 bits per heavy atom. The van der Waals surface area contributed by atoms with Crippen LogP contribution in [0.15, 0.2) is 67.0 Å². The highest BCUT2D eigenvalue weighted by Crippen LogP contribution is 2.41. The van der Waals surface area contributed by atoms with Gasteiger partial charge in [-0.2, -0.15) is 0 Å². The van der Waals surface area contributed by atoms with Crippen molar-refractivity contribution in [3.63, 3.8) is 0 Å². The zero-order chi connectivity index (χ0) is 19.7. The number of nitrogens with one attached hydrogen (secondary N) is 2. The van der Waals surface area contributed by atoms with E-state index in [-0.39, 0.29) is 5.75 Å². The third-order valence-corrected chi connectivity index (χ3v) is 5.29. The molecule has 0 aliphatic carbocycles. The fourth-order valence-corrected chi connectivity index (χ4v) is 3.90. The number of hydrogen-bond acceptors (Lipinski definition) is 3. The van der Waals surface area contributed by atoms with E-state index in [9.17, 15) is 5.11 Å². The van der Waals surface area contributed by atoms with Crippen molar-refractivity contribution in [1.82, 2.24) is 4.98 Å². The molecule has 0 amide bonds. The molecule has 0 radical (unpaired) electrons. The number of aryl methyl sites for hydroxylation is 1. The van der Waals surface area contributed by atoms with E-state index in [1.54, 1.807) is 24.4 Å². The summed E-state index contributed by atoms with van der Waals surface area (Å²) in [7, 11) is 0. The lowest BCUT2D eigenvalue weighted by Gasteiger charge is -2.20. The summed E-state index contributed by atoms with van der Waals surface area (Å²) in [5.74, 6) is 0.876. The Morgan fingerprint density at radius 2 is 1.82 bits per heavy atom. The highest BCUT2D eigenvalue weighted by Gasteiger charge is 2.28. The number of benzene rings is 2. The molecule has 2 aromatic heterocycles. The van der Waals surface area contributed by atoms with Crippen LogP contribution in [-0.2, 0) is 0 Å². The SMILES string of the molecule is Cc1cc[nH+]c(N[C@@H](c2ccc3cccnc3c2O)c2c(Cl)cccc2Cl)c1. The molecule has 4 aromatic rings. The Balaban J connectivity index is 1.92. The molecule has 0 aliphatic rings. The molecule has 140 valence electrons. The molecule has 0 unspecified atom stereocenters. The van der Waals surface area contributed by atoms with E-state index in [1.165, 1.54) is 0 Å². The summed E-state index contributed by atoms with van der Waals surface area (Å²) in [5, 5.41) is 16.3. The van der Waals surface area contributed by atoms with Gasteiger partial charge in [0.1, 0.15) is 11.3 Å². The number of aromatic nitrogens is 2. The van der Waals surface area contributed by atoms with E-state index < -0.39 is 6.04 Å². The lowest BCUT2D eigenvalue weighted by molar-refractivity contribution is -0.361. The molecule has 0 fully saturated rings. The van der Waals surface area contributed by atoms with E-state index in [1.807, 2.05) is 49.5 Å². The number of halogens is 2. The molecule has 1 atom stereocenters. The average Bonchev–Trinajstić information content (AvgIpc) is 2.68. The predicted molar refractivity (Wildman–Crippen MR) is 113 cm³/mol. The molecule has 28 heavy (non-hydrogen) atoms. The molecule has 6 heteroatoms. The van der Waals surface area contributed by atoms with Gasteiger partial charge in [-0.3, -0.25) is 10.3 Å². The van der Waals surface area contributed by atoms with Crippen LogP contribution >= 0.6 is 23.2 Å². The van der Waals surface area contributed by atoms with Crippen molar-refractivity contribution in [2.75, 3.05) is 5.32 Å². The van der Waals surface area contributed by atoms with E-state index in [0.717, 1.165) is 16.8 Å². The maximum absolute atomic E-state index is 11.0. The molecule has 0 bridgehead atoms. The van der Waals surface area contributed by atoms with Gasteiger partial charge in [0.05, 0.1) is 6.20 Å². The van der Waals surface area contributed by atoms with Crippen molar-refractivity contribution in [1.29, 1.82) is 0 Å². The number of fused-ring (bicyclic) bond motifs is 1. The Labute approximate surface area is 172 Å². The summed E-state index contributed by atoms with van der Waals surface area (Å²) in [6.07, 6.45) is 3.51. The topological polar surface area (TPSA) is 59.3 Å². The molecular weight excluding hydrogens is 393 g/mol. The first-order valence-electron chi connectivity index (χ1n) is 8.80. The number of aromatic amines is 1. The monoisotopic (exact) mass is 410 g/mol. The molecule has 4 rings (SSSR count). The van der Waals surface area contributed by atoms with Crippen LogP contribution in [0.1, 0.15) is 22.7 Å². The number of rotatable bonds is 4. The zero-order valence-corrected chi connectivity index (χ0v) is 16.6. The molecule has 0 saturated heterocycles. The Hall–Kier alpha value is -2.82. The Morgan fingerprint density at radius 1 is 1.04 bits per heavy atom. The minimum absolute atomic E-state index is 0.0965. The summed E-state index contributed by atoms with van der Waals surface area (Å²) >= 11 is 13.0. The molecule has 2 heterocycles. The average molecular weight is 411 g/mol. The third kappa shape index (κ3) is 3.49. The summed E-state index contributed by atoms with van der Waals surface area (Å²) in [6.45, 7) is 2.01. The van der Waals surface area contributed by atoms with Gasteiger partial charge in [-0.05, 0) is 42.8 Å². The van der Waals surface area contributed by atoms with Crippen LogP contribution in [0.2, 0.25) is 10.0 Å². The van der Waals surface area contributed by atoms with Crippen LogP contribution in [0.4, 0.5) is 5.82 Å². The highest BCUT2D eigenvalue weighted by atomic mass is 35.5. The second-order valence-electron chi connectivity index (χ2n) is 6.57. The number of hydrogen-bond donors (Lipinski definition) is 2. The van der Waals surface area contributed by atoms with Gasteiger partial charge in [0.2, 0.25) is 0 Å². The van der Waals surface area contributed by atoms with Crippen LogP contribution in [0, 0.1) is 6.92 Å². The van der Waals surface area contributed by atoms with E-state index >= 15 is 0 Å². The number of nitrogens with zero attached hydrogens (tertiary/aromatic N) is 1. The second kappa shape index (κ2) is 7.66. The van der Waals surface area contributed by atoms with Crippen molar-refractivity contribution in [2.45, 2.75) is 13.0 Å². The first kappa shape index (κ1) is 18.5. The maximum atomic E-state index is 11.0. The number of anilines is 1. The van der Waals surface area contributed by atoms with Gasteiger partial charge in [0.15, 0.2) is 6.04 Å². The van der Waals surface area contributed by atoms with Gasteiger partial charge in [0, 0.05) is 38.8 Å². The minimum atomic E-state index is -0.481. The van der Waals surface area contributed by atoms with Gasteiger partial charge in [-0.15, -0.1) is 0 Å². The van der Waals surface area contributed by atoms with Crippen LogP contribution in [-0.4, -0.2) is 10.1 Å². The van der Waals surface area contributed by atoms with Crippen LogP contribution in [0.5, 0.6) is 5.75 Å². The summed E-state index contributed by atoms with van der Waals surface area (Å²) in [5.41, 5.74) is 2.94. The first-order chi connectivity index (χ1) is 13.5. The molecule has 0 spiro atoms. The maximum Gasteiger partial charge on any atom is 0.273 e. The predicted octanol–water partition coefficient (Wildman–Crippen LogP) is 5.57. The summed E-state index contributed by atoms with van der Waals surface area (Å²) in [6, 6.07) is 16.4. The first-order valence-corrected chi connectivity index (χ1v) is 9.55. The second-order valence-corrected chi connectivity index (χ2v) is 7.39. The standard InChI is InChI=1S/C22H17Cl2N3O/c1-13-9-11-25-18(12-13)27-21(19-16(23)5-2-6-17(19)24)15-8-7-14-4-3-10-26-20(14)22(15)28/h2-12,21,28H,1H3,(H,25,27)/p+1/t21-/m0/s1. The van der Waals surface area contributed by atoms with Crippen molar-refractivity contribution in [3.8, 4) is 5.75 Å².